The van der Waals surface area contributed by atoms with Gasteiger partial charge in [0.1, 0.15) is 22.8 Å². The van der Waals surface area contributed by atoms with Crippen LogP contribution in [-0.2, 0) is 4.74 Å². The fourth-order valence-electron chi connectivity index (χ4n) is 3.50. The number of nitrogen functional groups attached to an aromatic ring is 1. The molecule has 5 rings (SSSR count). The third-order valence-electron chi connectivity index (χ3n) is 4.96. The highest BCUT2D eigenvalue weighted by Crippen LogP contribution is 2.39. The summed E-state index contributed by atoms with van der Waals surface area (Å²) in [5.74, 6) is 0.227. The van der Waals surface area contributed by atoms with E-state index in [1.165, 1.54) is 23.0 Å². The van der Waals surface area contributed by atoms with Gasteiger partial charge in [0, 0.05) is 31.5 Å². The molecule has 2 saturated heterocycles. The number of hydrogen-bond donors (Lipinski definition) is 3. The third kappa shape index (κ3) is 2.45. The van der Waals surface area contributed by atoms with Gasteiger partial charge in [-0.25, -0.2) is 9.50 Å². The number of anilines is 3. The first-order chi connectivity index (χ1) is 13.0. The summed E-state index contributed by atoms with van der Waals surface area (Å²) >= 11 is 0. The molecule has 1 amide bonds. The third-order valence-corrected chi connectivity index (χ3v) is 4.96. The van der Waals surface area contributed by atoms with Crippen LogP contribution in [0.15, 0.2) is 30.7 Å². The molecule has 3 aromatic heterocycles. The molecule has 10 heteroatoms. The fraction of sp³-hybridized carbons (Fsp3) is 0.294. The van der Waals surface area contributed by atoms with E-state index in [1.807, 2.05) is 6.07 Å². The van der Waals surface area contributed by atoms with Gasteiger partial charge in [-0.2, -0.15) is 0 Å². The van der Waals surface area contributed by atoms with E-state index in [0.29, 0.717) is 5.65 Å². The van der Waals surface area contributed by atoms with Crippen molar-refractivity contribution in [2.24, 2.45) is 5.41 Å². The van der Waals surface area contributed by atoms with Crippen molar-refractivity contribution in [1.82, 2.24) is 19.6 Å². The predicted octanol–water partition coefficient (Wildman–Crippen LogP) is 0.501. The molecular weight excluding hydrogens is 350 g/mol. The first kappa shape index (κ1) is 15.8. The van der Waals surface area contributed by atoms with E-state index in [1.54, 1.807) is 6.20 Å². The molecule has 3 aromatic rings. The Kier molecular flexibility index (Phi) is 3.25. The van der Waals surface area contributed by atoms with E-state index in [4.69, 9.17) is 10.5 Å². The van der Waals surface area contributed by atoms with Gasteiger partial charge < -0.3 is 25.8 Å². The summed E-state index contributed by atoms with van der Waals surface area (Å²) < 4.78 is 6.77. The quantitative estimate of drug-likeness (QED) is 0.610. The maximum absolute atomic E-state index is 12.7. The number of hydrogen-bond acceptors (Lipinski definition) is 8. The molecule has 0 aromatic carbocycles. The Morgan fingerprint density at radius 2 is 2.15 bits per heavy atom. The second-order valence-electron chi connectivity index (χ2n) is 7.01. The van der Waals surface area contributed by atoms with Gasteiger partial charge >= 0.3 is 0 Å². The van der Waals surface area contributed by atoms with Crippen LogP contribution in [0, 0.1) is 5.41 Å². The highest BCUT2D eigenvalue weighted by atomic mass is 16.5. The zero-order valence-electron chi connectivity index (χ0n) is 14.3. The lowest BCUT2D eigenvalue weighted by molar-refractivity contribution is -0.127. The Bertz CT molecular complexity index is 1050. The van der Waals surface area contributed by atoms with E-state index in [-0.39, 0.29) is 28.2 Å². The van der Waals surface area contributed by atoms with Crippen molar-refractivity contribution in [1.29, 1.82) is 0 Å². The maximum Gasteiger partial charge on any atom is 0.263 e. The van der Waals surface area contributed by atoms with Crippen LogP contribution in [0.1, 0.15) is 10.4 Å². The molecular formula is C17H17N7O3. The molecule has 2 aliphatic rings. The van der Waals surface area contributed by atoms with E-state index >= 15 is 0 Å². The van der Waals surface area contributed by atoms with Crippen LogP contribution in [-0.4, -0.2) is 56.9 Å². The molecule has 27 heavy (non-hydrogen) atoms. The Hall–Kier alpha value is -3.40. The SMILES string of the molecule is Nc1nn2ccc(N3CC4(COC4)C3)nc2c1C(=O)Nc1cnccc1O. The molecule has 1 spiro atoms. The standard InChI is InChI=1S/C17H17N7O3/c18-14-13(16(26)20-10-5-19-3-1-11(10)25)15-21-12(2-4-24(15)22-14)23-6-17(7-23)8-27-9-17/h1-5H,6-9H2,(H2,18,22)(H,19,25)(H,20,26). The van der Waals surface area contributed by atoms with Crippen molar-refractivity contribution < 1.29 is 14.6 Å². The summed E-state index contributed by atoms with van der Waals surface area (Å²) in [6, 6.07) is 3.23. The van der Waals surface area contributed by atoms with Crippen LogP contribution < -0.4 is 16.0 Å². The largest absolute Gasteiger partial charge is 0.506 e. The molecule has 2 fully saturated rings. The first-order valence-electron chi connectivity index (χ1n) is 8.47. The molecule has 5 heterocycles. The number of rotatable bonds is 3. The molecule has 2 aliphatic heterocycles. The summed E-state index contributed by atoms with van der Waals surface area (Å²) in [7, 11) is 0. The minimum absolute atomic E-state index is 0.0630. The zero-order chi connectivity index (χ0) is 18.6. The molecule has 4 N–H and O–H groups in total. The van der Waals surface area contributed by atoms with Crippen LogP contribution in [0.4, 0.5) is 17.3 Å². The van der Waals surface area contributed by atoms with Crippen molar-refractivity contribution in [2.45, 2.75) is 0 Å². The monoisotopic (exact) mass is 367 g/mol. The van der Waals surface area contributed by atoms with Crippen LogP contribution in [0.5, 0.6) is 5.75 Å². The van der Waals surface area contributed by atoms with Crippen molar-refractivity contribution in [3.63, 3.8) is 0 Å². The second-order valence-corrected chi connectivity index (χ2v) is 7.01. The van der Waals surface area contributed by atoms with Crippen molar-refractivity contribution in [3.8, 4) is 5.75 Å². The number of ether oxygens (including phenoxy) is 1. The number of aromatic hydroxyl groups is 1. The lowest BCUT2D eigenvalue weighted by Crippen LogP contribution is -2.66. The topological polar surface area (TPSA) is 131 Å². The van der Waals surface area contributed by atoms with Crippen LogP contribution in [0.2, 0.25) is 0 Å². The maximum atomic E-state index is 12.7. The molecule has 0 unspecified atom stereocenters. The minimum Gasteiger partial charge on any atom is -0.506 e. The highest BCUT2D eigenvalue weighted by Gasteiger charge is 2.49. The number of fused-ring (bicyclic) bond motifs is 1. The summed E-state index contributed by atoms with van der Waals surface area (Å²) in [5, 5.41) is 16.6. The average molecular weight is 367 g/mol. The Morgan fingerprint density at radius 1 is 1.33 bits per heavy atom. The van der Waals surface area contributed by atoms with Gasteiger partial charge in [0.25, 0.3) is 5.91 Å². The predicted molar refractivity (Wildman–Crippen MR) is 96.7 cm³/mol. The van der Waals surface area contributed by atoms with E-state index < -0.39 is 5.91 Å². The van der Waals surface area contributed by atoms with E-state index in [9.17, 15) is 9.90 Å². The van der Waals surface area contributed by atoms with Gasteiger partial charge in [-0.1, -0.05) is 0 Å². The van der Waals surface area contributed by atoms with Gasteiger partial charge in [0.15, 0.2) is 11.5 Å². The number of nitrogens with two attached hydrogens (primary N) is 1. The van der Waals surface area contributed by atoms with Gasteiger partial charge in [-0.05, 0) is 6.07 Å². The van der Waals surface area contributed by atoms with Crippen LogP contribution in [0.25, 0.3) is 5.65 Å². The Morgan fingerprint density at radius 3 is 2.85 bits per heavy atom. The molecule has 0 bridgehead atoms. The number of pyridine rings is 1. The summed E-state index contributed by atoms with van der Waals surface area (Å²) in [6.07, 6.45) is 4.51. The van der Waals surface area contributed by atoms with Crippen molar-refractivity contribution in [2.75, 3.05) is 42.3 Å². The van der Waals surface area contributed by atoms with Crippen LogP contribution in [0.3, 0.4) is 0 Å². The van der Waals surface area contributed by atoms with Crippen molar-refractivity contribution >= 4 is 28.9 Å². The minimum atomic E-state index is -0.511. The number of carbonyl (C=O) groups is 1. The highest BCUT2D eigenvalue weighted by molar-refractivity contribution is 6.12. The average Bonchev–Trinajstić information content (AvgIpc) is 2.89. The molecule has 0 saturated carbocycles. The smallest absolute Gasteiger partial charge is 0.263 e. The molecule has 0 atom stereocenters. The number of nitrogens with one attached hydrogen (secondary N) is 1. The molecule has 10 nitrogen and oxygen atoms in total. The summed E-state index contributed by atoms with van der Waals surface area (Å²) in [4.78, 5) is 23.4. The molecule has 0 aliphatic carbocycles. The summed E-state index contributed by atoms with van der Waals surface area (Å²) in [5.41, 5.74) is 6.91. The van der Waals surface area contributed by atoms with Gasteiger partial charge in [0.2, 0.25) is 0 Å². The Balaban J connectivity index is 1.46. The van der Waals surface area contributed by atoms with E-state index in [0.717, 1.165) is 32.1 Å². The first-order valence-corrected chi connectivity index (χ1v) is 8.47. The number of nitrogens with zero attached hydrogens (tertiary/aromatic N) is 5. The number of amides is 1. The second kappa shape index (κ2) is 5.55. The Labute approximate surface area is 153 Å². The molecule has 138 valence electrons. The molecule has 0 radical (unpaired) electrons. The van der Waals surface area contributed by atoms with Gasteiger partial charge in [-0.15, -0.1) is 5.10 Å². The van der Waals surface area contributed by atoms with E-state index in [2.05, 4.69) is 25.3 Å². The zero-order valence-corrected chi connectivity index (χ0v) is 14.3. The number of aromatic nitrogens is 4. The summed E-state index contributed by atoms with van der Waals surface area (Å²) in [6.45, 7) is 3.33. The van der Waals surface area contributed by atoms with Crippen LogP contribution >= 0.6 is 0 Å². The van der Waals surface area contributed by atoms with Gasteiger partial charge in [-0.3, -0.25) is 9.78 Å². The van der Waals surface area contributed by atoms with Crippen molar-refractivity contribution in [3.05, 3.63) is 36.3 Å². The van der Waals surface area contributed by atoms with Gasteiger partial charge in [0.05, 0.1) is 24.8 Å². The number of carbonyl (C=O) groups excluding carboxylic acids is 1. The fourth-order valence-corrected chi connectivity index (χ4v) is 3.50. The lowest BCUT2D eigenvalue weighted by atomic mass is 9.78. The lowest BCUT2D eigenvalue weighted by Gasteiger charge is -2.55. The normalized spacial score (nSPS) is 17.6.